The fourth-order valence-electron chi connectivity index (χ4n) is 1.32. The Balaban J connectivity index is 4.28. The smallest absolute Gasteiger partial charge is 0.329 e. The molecule has 106 valence electrons. The minimum absolute atomic E-state index is 0.136. The van der Waals surface area contributed by atoms with Crippen molar-refractivity contribution in [3.05, 3.63) is 0 Å². The Labute approximate surface area is 110 Å². The molecule has 0 aromatic heterocycles. The second-order valence-corrected chi connectivity index (χ2v) is 5.55. The zero-order valence-electron chi connectivity index (χ0n) is 12.3. The molecule has 0 spiro atoms. The minimum Gasteiger partial charge on any atom is -0.467 e. The highest BCUT2D eigenvalue weighted by Gasteiger charge is 2.24. The predicted molar refractivity (Wildman–Crippen MR) is 71.1 cm³/mol. The minimum atomic E-state index is -0.629. The quantitative estimate of drug-likeness (QED) is 0.667. The van der Waals surface area contributed by atoms with Crippen LogP contribution in [0.4, 0.5) is 0 Å². The van der Waals surface area contributed by atoms with E-state index in [1.807, 2.05) is 0 Å². The number of methoxy groups -OCH3 is 1. The van der Waals surface area contributed by atoms with Gasteiger partial charge in [0.15, 0.2) is 0 Å². The van der Waals surface area contributed by atoms with E-state index in [2.05, 4.69) is 43.1 Å². The summed E-state index contributed by atoms with van der Waals surface area (Å²) in [6.45, 7) is 11.2. The average molecular weight is 258 g/mol. The van der Waals surface area contributed by atoms with Crippen LogP contribution < -0.4 is 10.6 Å². The molecule has 0 fully saturated rings. The van der Waals surface area contributed by atoms with Crippen LogP contribution in [0.1, 0.15) is 34.6 Å². The van der Waals surface area contributed by atoms with Gasteiger partial charge >= 0.3 is 5.97 Å². The van der Waals surface area contributed by atoms with Gasteiger partial charge in [-0.1, -0.05) is 27.7 Å². The molecule has 0 radical (unpaired) electrons. The van der Waals surface area contributed by atoms with Crippen molar-refractivity contribution >= 4 is 11.9 Å². The summed E-state index contributed by atoms with van der Waals surface area (Å²) in [7, 11) is 1.31. The predicted octanol–water partition coefficient (Wildman–Crippen LogP) is 0.936. The van der Waals surface area contributed by atoms with Gasteiger partial charge in [-0.25, -0.2) is 4.79 Å². The number of ether oxygens (including phenoxy) is 1. The molecule has 5 heteroatoms. The van der Waals surface area contributed by atoms with Crippen LogP contribution in [0.15, 0.2) is 0 Å². The van der Waals surface area contributed by atoms with Crippen molar-refractivity contribution in [3.63, 3.8) is 0 Å². The number of carbonyl (C=O) groups excluding carboxylic acids is 2. The van der Waals surface area contributed by atoms with Crippen molar-refractivity contribution in [2.75, 3.05) is 20.2 Å². The van der Waals surface area contributed by atoms with E-state index in [9.17, 15) is 9.59 Å². The lowest BCUT2D eigenvalue weighted by molar-refractivity contribution is -0.144. The van der Waals surface area contributed by atoms with Gasteiger partial charge in [-0.3, -0.25) is 4.79 Å². The molecule has 2 N–H and O–H groups in total. The maximum atomic E-state index is 11.5. The third-order valence-electron chi connectivity index (χ3n) is 3.36. The summed E-state index contributed by atoms with van der Waals surface area (Å²) < 4.78 is 4.65. The van der Waals surface area contributed by atoms with Gasteiger partial charge in [0.2, 0.25) is 5.91 Å². The fraction of sp³-hybridized carbons (Fsp3) is 0.846. The second kappa shape index (κ2) is 7.36. The lowest BCUT2D eigenvalue weighted by atomic mass is 9.81. The molecule has 0 aromatic carbocycles. The summed E-state index contributed by atoms with van der Waals surface area (Å²) in [4.78, 5) is 22.5. The second-order valence-electron chi connectivity index (χ2n) is 5.55. The van der Waals surface area contributed by atoms with Crippen LogP contribution in [0, 0.1) is 11.3 Å². The van der Waals surface area contributed by atoms with Gasteiger partial charge in [0, 0.05) is 20.0 Å². The summed E-state index contributed by atoms with van der Waals surface area (Å²) in [5.74, 6) is -0.141. The number of amides is 1. The maximum absolute atomic E-state index is 11.5. The van der Waals surface area contributed by atoms with Crippen molar-refractivity contribution < 1.29 is 14.3 Å². The lowest BCUT2D eigenvalue weighted by Crippen LogP contribution is -2.48. The van der Waals surface area contributed by atoms with Crippen LogP contribution in [0.5, 0.6) is 0 Å². The van der Waals surface area contributed by atoms with Crippen LogP contribution >= 0.6 is 0 Å². The zero-order valence-corrected chi connectivity index (χ0v) is 12.3. The summed E-state index contributed by atoms with van der Waals surface area (Å²) in [6.07, 6.45) is 0. The molecule has 0 saturated heterocycles. The maximum Gasteiger partial charge on any atom is 0.329 e. The first-order valence-electron chi connectivity index (χ1n) is 6.26. The standard InChI is InChI=1S/C13H26N2O3/c1-9(2)13(4,5)8-14-7-11(12(17)18-6)15-10(3)16/h9,11,14H,7-8H2,1-6H3,(H,15,16). The van der Waals surface area contributed by atoms with Crippen LogP contribution in [0.2, 0.25) is 0 Å². The highest BCUT2D eigenvalue weighted by molar-refractivity contribution is 5.83. The number of rotatable bonds is 7. The van der Waals surface area contributed by atoms with Crippen molar-refractivity contribution in [3.8, 4) is 0 Å². The van der Waals surface area contributed by atoms with Crippen LogP contribution in [0.25, 0.3) is 0 Å². The molecule has 0 aliphatic rings. The number of hydrogen-bond acceptors (Lipinski definition) is 4. The van der Waals surface area contributed by atoms with Gasteiger partial charge in [-0.05, 0) is 11.3 Å². The van der Waals surface area contributed by atoms with E-state index in [-0.39, 0.29) is 11.3 Å². The van der Waals surface area contributed by atoms with E-state index >= 15 is 0 Å². The summed E-state index contributed by atoms with van der Waals surface area (Å²) >= 11 is 0. The Morgan fingerprint density at radius 3 is 2.22 bits per heavy atom. The van der Waals surface area contributed by atoms with Gasteiger partial charge in [0.1, 0.15) is 6.04 Å². The Bertz CT molecular complexity index is 288. The molecule has 0 heterocycles. The van der Waals surface area contributed by atoms with E-state index in [0.29, 0.717) is 12.5 Å². The third-order valence-corrected chi connectivity index (χ3v) is 3.36. The normalized spacial score (nSPS) is 13.3. The van der Waals surface area contributed by atoms with E-state index in [1.54, 1.807) is 0 Å². The zero-order chi connectivity index (χ0) is 14.3. The molecule has 0 saturated carbocycles. The Kier molecular flexibility index (Phi) is 6.91. The van der Waals surface area contributed by atoms with Gasteiger partial charge < -0.3 is 15.4 Å². The van der Waals surface area contributed by atoms with Gasteiger partial charge in [-0.2, -0.15) is 0 Å². The summed E-state index contributed by atoms with van der Waals surface area (Å²) in [5, 5.41) is 5.78. The van der Waals surface area contributed by atoms with Crippen molar-refractivity contribution in [2.45, 2.75) is 40.7 Å². The first-order chi connectivity index (χ1) is 8.20. The first-order valence-corrected chi connectivity index (χ1v) is 6.26. The first kappa shape index (κ1) is 16.9. The van der Waals surface area contributed by atoms with Gasteiger partial charge in [0.05, 0.1) is 7.11 Å². The van der Waals surface area contributed by atoms with Crippen LogP contribution in [0.3, 0.4) is 0 Å². The molecule has 0 rings (SSSR count). The number of nitrogens with one attached hydrogen (secondary N) is 2. The molecule has 1 atom stereocenters. The number of esters is 1. The SMILES string of the molecule is COC(=O)C(CNCC(C)(C)C(C)C)NC(C)=O. The Morgan fingerprint density at radius 1 is 1.28 bits per heavy atom. The van der Waals surface area contributed by atoms with Crippen molar-refractivity contribution in [1.29, 1.82) is 0 Å². The molecule has 1 unspecified atom stereocenters. The molecule has 18 heavy (non-hydrogen) atoms. The molecule has 0 bridgehead atoms. The van der Waals surface area contributed by atoms with Gasteiger partial charge in [-0.15, -0.1) is 0 Å². The lowest BCUT2D eigenvalue weighted by Gasteiger charge is -2.30. The topological polar surface area (TPSA) is 67.4 Å². The molecule has 0 aliphatic carbocycles. The average Bonchev–Trinajstić information content (AvgIpc) is 2.25. The largest absolute Gasteiger partial charge is 0.467 e. The Hall–Kier alpha value is -1.10. The molecule has 5 nitrogen and oxygen atoms in total. The van der Waals surface area contributed by atoms with E-state index in [4.69, 9.17) is 0 Å². The fourth-order valence-corrected chi connectivity index (χ4v) is 1.32. The molecular weight excluding hydrogens is 232 g/mol. The van der Waals surface area contributed by atoms with E-state index in [1.165, 1.54) is 14.0 Å². The number of carbonyl (C=O) groups is 2. The molecular formula is C13H26N2O3. The highest BCUT2D eigenvalue weighted by atomic mass is 16.5. The van der Waals surface area contributed by atoms with Gasteiger partial charge in [0.25, 0.3) is 0 Å². The van der Waals surface area contributed by atoms with Crippen LogP contribution in [-0.4, -0.2) is 38.1 Å². The van der Waals surface area contributed by atoms with E-state index in [0.717, 1.165) is 6.54 Å². The van der Waals surface area contributed by atoms with Crippen LogP contribution in [-0.2, 0) is 14.3 Å². The molecule has 0 aliphatic heterocycles. The molecule has 1 amide bonds. The van der Waals surface area contributed by atoms with Crippen molar-refractivity contribution in [1.82, 2.24) is 10.6 Å². The third kappa shape index (κ3) is 6.00. The monoisotopic (exact) mass is 258 g/mol. The Morgan fingerprint density at radius 2 is 1.83 bits per heavy atom. The highest BCUT2D eigenvalue weighted by Crippen LogP contribution is 2.24. The van der Waals surface area contributed by atoms with E-state index < -0.39 is 12.0 Å². The van der Waals surface area contributed by atoms with Crippen molar-refractivity contribution in [2.24, 2.45) is 11.3 Å². The summed E-state index contributed by atoms with van der Waals surface area (Å²) in [6, 6.07) is -0.629. The number of hydrogen-bond donors (Lipinski definition) is 2. The molecule has 0 aromatic rings. The summed E-state index contributed by atoms with van der Waals surface area (Å²) in [5.41, 5.74) is 0.136.